The fourth-order valence-electron chi connectivity index (χ4n) is 3.50. The van der Waals surface area contributed by atoms with E-state index in [4.69, 9.17) is 9.68 Å². The molecule has 34 heavy (non-hydrogen) atoms. The molecular weight excluding hydrogens is 428 g/mol. The Morgan fingerprint density at radius 1 is 0.471 bits per heavy atom. The second-order valence-corrected chi connectivity index (χ2v) is 8.43. The summed E-state index contributed by atoms with van der Waals surface area (Å²) in [4.78, 5) is 11.0. The maximum Gasteiger partial charge on any atom is 0.191 e. The van der Waals surface area contributed by atoms with Crippen molar-refractivity contribution in [1.29, 1.82) is 0 Å². The Hall–Kier alpha value is -3.68. The molecule has 0 bridgehead atoms. The Morgan fingerprint density at radius 3 is 1.15 bits per heavy atom. The molecule has 4 aromatic carbocycles. The minimum absolute atomic E-state index is 0.384. The van der Waals surface area contributed by atoms with Crippen molar-refractivity contribution in [3.8, 4) is 22.6 Å². The summed E-state index contributed by atoms with van der Waals surface area (Å²) in [5, 5.41) is 24.1. The predicted molar refractivity (Wildman–Crippen MR) is 133 cm³/mol. The van der Waals surface area contributed by atoms with Gasteiger partial charge in [-0.05, 0) is 85.3 Å². The molecule has 0 aliphatic heterocycles. The van der Waals surface area contributed by atoms with E-state index in [0.717, 1.165) is 33.4 Å². The highest BCUT2D eigenvalue weighted by Crippen LogP contribution is 2.24. The van der Waals surface area contributed by atoms with Gasteiger partial charge in [-0.15, -0.1) is 10.5 Å². The van der Waals surface area contributed by atoms with Crippen LogP contribution in [0.3, 0.4) is 0 Å². The lowest BCUT2D eigenvalue weighted by Gasteiger charge is -2.21. The van der Waals surface area contributed by atoms with E-state index >= 15 is 0 Å². The molecule has 4 aromatic rings. The Morgan fingerprint density at radius 2 is 0.824 bits per heavy atom. The van der Waals surface area contributed by atoms with Gasteiger partial charge in [0.2, 0.25) is 0 Å². The van der Waals surface area contributed by atoms with E-state index in [0.29, 0.717) is 22.9 Å². The van der Waals surface area contributed by atoms with Crippen LogP contribution in [0.1, 0.15) is 22.3 Å². The Balaban J connectivity index is 1.39. The quantitative estimate of drug-likeness (QED) is 0.399. The van der Waals surface area contributed by atoms with Crippen molar-refractivity contribution < 1.29 is 20.1 Å². The summed E-state index contributed by atoms with van der Waals surface area (Å²) in [6, 6.07) is 25.7. The van der Waals surface area contributed by atoms with Gasteiger partial charge < -0.3 is 20.1 Å². The molecule has 174 valence electrons. The molecule has 2 atom stereocenters. The fraction of sp³-hybridized carbons (Fsp3) is 0.143. The van der Waals surface area contributed by atoms with Gasteiger partial charge in [0.05, 0.1) is 0 Å². The minimum atomic E-state index is -0.384. The number of quaternary nitrogens is 2. The van der Waals surface area contributed by atoms with Crippen molar-refractivity contribution in [3.05, 3.63) is 118 Å². The molecule has 0 heterocycles. The molecule has 4 rings (SSSR count). The second kappa shape index (κ2) is 10.1. The molecule has 0 saturated heterocycles. The molecule has 0 spiro atoms. The average molecular weight is 457 g/mol. The van der Waals surface area contributed by atoms with Crippen LogP contribution in [-0.4, -0.2) is 0 Å². The van der Waals surface area contributed by atoms with Crippen LogP contribution >= 0.6 is 0 Å². The Bertz CT molecular complexity index is 1170. The topological polar surface area (TPSA) is 73.5 Å². The van der Waals surface area contributed by atoms with Crippen molar-refractivity contribution in [2.45, 2.75) is 27.7 Å². The smallest absolute Gasteiger partial charge is 0.191 e. The van der Waals surface area contributed by atoms with Gasteiger partial charge in [-0.3, -0.25) is 0 Å². The molecule has 2 unspecified atom stereocenters. The van der Waals surface area contributed by atoms with Crippen LogP contribution in [0.4, 0.5) is 11.4 Å². The van der Waals surface area contributed by atoms with Crippen LogP contribution in [0.25, 0.3) is 11.1 Å². The zero-order valence-corrected chi connectivity index (χ0v) is 19.7. The first-order valence-electron chi connectivity index (χ1n) is 11.1. The normalized spacial score (nSPS) is 12.8. The predicted octanol–water partition coefficient (Wildman–Crippen LogP) is 4.60. The van der Waals surface area contributed by atoms with Gasteiger partial charge in [0.15, 0.2) is 22.9 Å². The molecule has 2 N–H and O–H groups in total. The average Bonchev–Trinajstić information content (AvgIpc) is 2.83. The molecule has 0 fully saturated rings. The third kappa shape index (κ3) is 5.44. The van der Waals surface area contributed by atoms with Crippen LogP contribution in [0.5, 0.6) is 11.5 Å². The van der Waals surface area contributed by atoms with Crippen LogP contribution < -0.4 is 20.1 Å². The zero-order valence-electron chi connectivity index (χ0n) is 19.7. The van der Waals surface area contributed by atoms with E-state index < -0.39 is 0 Å². The zero-order chi connectivity index (χ0) is 24.2. The molecule has 0 saturated carbocycles. The first-order valence-corrected chi connectivity index (χ1v) is 11.1. The van der Waals surface area contributed by atoms with E-state index in [1.807, 2.05) is 76.2 Å². The maximum atomic E-state index is 12.4. The van der Waals surface area contributed by atoms with Gasteiger partial charge in [-0.2, -0.15) is 0 Å². The summed E-state index contributed by atoms with van der Waals surface area (Å²) in [5.41, 5.74) is 7.33. The summed E-state index contributed by atoms with van der Waals surface area (Å²) in [5.74, 6) is 0.955. The fourth-order valence-corrected chi connectivity index (χ4v) is 3.50. The number of aryl methyl sites for hydroxylation is 4. The Kier molecular flexibility index (Phi) is 6.95. The summed E-state index contributed by atoms with van der Waals surface area (Å²) >= 11 is 0. The number of rotatable bonds is 7. The molecular formula is C28H28N2O4. The summed E-state index contributed by atoms with van der Waals surface area (Å²) in [6.07, 6.45) is 0. The van der Waals surface area contributed by atoms with Gasteiger partial charge >= 0.3 is 0 Å². The van der Waals surface area contributed by atoms with Crippen molar-refractivity contribution in [1.82, 2.24) is 0 Å². The molecule has 0 aromatic heterocycles. The largest absolute Gasteiger partial charge is 0.585 e. The van der Waals surface area contributed by atoms with Crippen molar-refractivity contribution in [2.75, 3.05) is 0 Å². The van der Waals surface area contributed by atoms with Crippen molar-refractivity contribution in [2.24, 2.45) is 0 Å². The third-order valence-corrected chi connectivity index (χ3v) is 5.95. The van der Waals surface area contributed by atoms with Crippen molar-refractivity contribution in [3.63, 3.8) is 0 Å². The molecule has 6 nitrogen and oxygen atoms in total. The SMILES string of the molecule is Cc1ccc([NH+]([O-])Oc2ccc(-c3ccc(O[NH+]([O-])c4ccc(C)c(C)c4)cc3)cc2)cc1C. The van der Waals surface area contributed by atoms with Crippen LogP contribution in [0.15, 0.2) is 84.9 Å². The van der Waals surface area contributed by atoms with E-state index in [1.165, 1.54) is 0 Å². The lowest BCUT2D eigenvalue weighted by molar-refractivity contribution is -0.963. The third-order valence-electron chi connectivity index (χ3n) is 5.95. The molecule has 0 aliphatic rings. The second-order valence-electron chi connectivity index (χ2n) is 8.43. The van der Waals surface area contributed by atoms with Crippen LogP contribution in [0, 0.1) is 38.1 Å². The van der Waals surface area contributed by atoms with Crippen LogP contribution in [0.2, 0.25) is 0 Å². The van der Waals surface area contributed by atoms with Gasteiger partial charge in [0.1, 0.15) is 0 Å². The molecule has 6 heteroatoms. The number of hydrogen-bond donors (Lipinski definition) is 2. The highest BCUT2D eigenvalue weighted by atomic mass is 16.9. The van der Waals surface area contributed by atoms with E-state index in [1.54, 1.807) is 36.4 Å². The van der Waals surface area contributed by atoms with Gasteiger partial charge in [0.25, 0.3) is 0 Å². The molecule has 0 radical (unpaired) electrons. The monoisotopic (exact) mass is 456 g/mol. The first-order chi connectivity index (χ1) is 16.3. The number of hydrogen-bond acceptors (Lipinski definition) is 4. The lowest BCUT2D eigenvalue weighted by Crippen LogP contribution is -3.04. The maximum absolute atomic E-state index is 12.4. The van der Waals surface area contributed by atoms with Gasteiger partial charge in [-0.1, -0.05) is 36.4 Å². The molecule has 0 aliphatic carbocycles. The first kappa shape index (κ1) is 23.5. The summed E-state index contributed by atoms with van der Waals surface area (Å²) in [7, 11) is 0. The summed E-state index contributed by atoms with van der Waals surface area (Å²) < 4.78 is 0. The van der Waals surface area contributed by atoms with E-state index in [9.17, 15) is 10.4 Å². The number of benzene rings is 4. The standard InChI is InChI=1S/C28H28N2O4/c1-19-5-11-25(17-21(19)3)29(31)33-27-13-7-23(8-14-27)24-9-15-28(16-10-24)34-30(32)26-12-6-20(2)22(4)18-26/h5-18,29-30H,1-4H3. The highest BCUT2D eigenvalue weighted by Gasteiger charge is 2.10. The van der Waals surface area contributed by atoms with E-state index in [2.05, 4.69) is 0 Å². The van der Waals surface area contributed by atoms with Gasteiger partial charge in [-0.25, -0.2) is 0 Å². The highest BCUT2D eigenvalue weighted by molar-refractivity contribution is 5.64. The van der Waals surface area contributed by atoms with E-state index in [-0.39, 0.29) is 10.5 Å². The van der Waals surface area contributed by atoms with Crippen molar-refractivity contribution >= 4 is 11.4 Å². The summed E-state index contributed by atoms with van der Waals surface area (Å²) in [6.45, 7) is 7.95. The van der Waals surface area contributed by atoms with Crippen LogP contribution in [-0.2, 0) is 0 Å². The minimum Gasteiger partial charge on any atom is -0.585 e. The lowest BCUT2D eigenvalue weighted by atomic mass is 10.1. The number of nitrogens with one attached hydrogen (secondary N) is 2. The Labute approximate surface area is 199 Å². The van der Waals surface area contributed by atoms with Gasteiger partial charge in [0, 0.05) is 24.3 Å². The molecule has 0 amide bonds.